The van der Waals surface area contributed by atoms with Crippen LogP contribution in [0.3, 0.4) is 0 Å². The highest BCUT2D eigenvalue weighted by Gasteiger charge is 2.48. The summed E-state index contributed by atoms with van der Waals surface area (Å²) >= 11 is 7.19. The molecule has 5 rings (SSSR count). The Labute approximate surface area is 247 Å². The SMILES string of the molecule is COc1cc(C2C3=C(CC(C)(C)CC3=O)N(C)C3=C2C(=O)CC(C)(C)C3)cc(Br)c1OCc1ccc(Br)cc1. The highest BCUT2D eigenvalue weighted by atomic mass is 79.9. The average Bonchev–Trinajstić information content (AvgIpc) is 2.84. The van der Waals surface area contributed by atoms with Crippen LogP contribution in [-0.2, 0) is 16.2 Å². The van der Waals surface area contributed by atoms with E-state index in [-0.39, 0.29) is 22.4 Å². The van der Waals surface area contributed by atoms with E-state index in [0.717, 1.165) is 55.5 Å². The van der Waals surface area contributed by atoms with Crippen LogP contribution >= 0.6 is 31.9 Å². The molecule has 206 valence electrons. The lowest BCUT2D eigenvalue weighted by molar-refractivity contribution is -0.119. The molecule has 39 heavy (non-hydrogen) atoms. The number of rotatable bonds is 5. The van der Waals surface area contributed by atoms with Crippen LogP contribution in [0.5, 0.6) is 11.5 Å². The highest BCUT2D eigenvalue weighted by molar-refractivity contribution is 9.10. The van der Waals surface area contributed by atoms with Gasteiger partial charge in [-0.15, -0.1) is 0 Å². The summed E-state index contributed by atoms with van der Waals surface area (Å²) in [7, 11) is 3.64. The zero-order chi connectivity index (χ0) is 28.3. The summed E-state index contributed by atoms with van der Waals surface area (Å²) in [6, 6.07) is 11.9. The Kier molecular flexibility index (Phi) is 7.38. The summed E-state index contributed by atoms with van der Waals surface area (Å²) in [6.45, 7) is 8.97. The van der Waals surface area contributed by atoms with Gasteiger partial charge in [0.15, 0.2) is 23.1 Å². The molecule has 0 saturated carbocycles. The van der Waals surface area contributed by atoms with E-state index in [4.69, 9.17) is 9.47 Å². The second-order valence-electron chi connectivity index (χ2n) is 12.5. The fourth-order valence-electron chi connectivity index (χ4n) is 6.28. The van der Waals surface area contributed by atoms with Gasteiger partial charge in [-0.05, 0) is 75.0 Å². The molecule has 0 aromatic heterocycles. The van der Waals surface area contributed by atoms with E-state index in [2.05, 4.69) is 64.5 Å². The van der Waals surface area contributed by atoms with Gasteiger partial charge in [0, 0.05) is 52.8 Å². The summed E-state index contributed by atoms with van der Waals surface area (Å²) in [5.41, 5.74) is 5.20. The van der Waals surface area contributed by atoms with Crippen molar-refractivity contribution in [2.75, 3.05) is 14.2 Å². The Morgan fingerprint density at radius 2 is 1.41 bits per heavy atom. The first-order valence-corrected chi connectivity index (χ1v) is 14.9. The quantitative estimate of drug-likeness (QED) is 0.325. The van der Waals surface area contributed by atoms with Crippen LogP contribution < -0.4 is 9.47 Å². The molecule has 0 saturated heterocycles. The fourth-order valence-corrected chi connectivity index (χ4v) is 7.12. The van der Waals surface area contributed by atoms with Crippen LogP contribution in [-0.4, -0.2) is 30.6 Å². The third kappa shape index (κ3) is 5.37. The van der Waals surface area contributed by atoms with E-state index in [0.29, 0.717) is 30.9 Å². The zero-order valence-electron chi connectivity index (χ0n) is 23.4. The van der Waals surface area contributed by atoms with Gasteiger partial charge in [-0.1, -0.05) is 55.8 Å². The summed E-state index contributed by atoms with van der Waals surface area (Å²) in [4.78, 5) is 29.7. The molecule has 0 atom stereocenters. The third-order valence-corrected chi connectivity index (χ3v) is 9.18. The number of carbonyl (C=O) groups is 2. The molecular weight excluding hydrogens is 622 g/mol. The second kappa shape index (κ2) is 10.2. The lowest BCUT2D eigenvalue weighted by Gasteiger charge is -2.48. The summed E-state index contributed by atoms with van der Waals surface area (Å²) in [6.07, 6.45) is 2.51. The van der Waals surface area contributed by atoms with Gasteiger partial charge in [0.1, 0.15) is 6.61 Å². The van der Waals surface area contributed by atoms with Crippen LogP contribution in [0.2, 0.25) is 0 Å². The number of ketones is 2. The smallest absolute Gasteiger partial charge is 0.175 e. The molecule has 1 heterocycles. The first-order valence-electron chi connectivity index (χ1n) is 13.3. The lowest BCUT2D eigenvalue weighted by atomic mass is 9.64. The Morgan fingerprint density at radius 3 is 1.92 bits per heavy atom. The van der Waals surface area contributed by atoms with Crippen molar-refractivity contribution in [2.24, 2.45) is 10.8 Å². The minimum Gasteiger partial charge on any atom is -0.493 e. The van der Waals surface area contributed by atoms with Gasteiger partial charge in [-0.2, -0.15) is 0 Å². The molecule has 7 heteroatoms. The summed E-state index contributed by atoms with van der Waals surface area (Å²) in [5, 5.41) is 0. The molecule has 0 unspecified atom stereocenters. The van der Waals surface area contributed by atoms with Crippen LogP contribution in [0, 0.1) is 10.8 Å². The van der Waals surface area contributed by atoms with Crippen LogP contribution in [0.25, 0.3) is 0 Å². The normalized spacial score (nSPS) is 20.7. The van der Waals surface area contributed by atoms with Crippen LogP contribution in [0.15, 0.2) is 67.9 Å². The van der Waals surface area contributed by atoms with Crippen molar-refractivity contribution in [3.8, 4) is 11.5 Å². The van der Waals surface area contributed by atoms with Gasteiger partial charge in [0.25, 0.3) is 0 Å². The van der Waals surface area contributed by atoms with Crippen molar-refractivity contribution in [1.82, 2.24) is 4.90 Å². The minimum absolute atomic E-state index is 0.118. The predicted octanol–water partition coefficient (Wildman–Crippen LogP) is 8.11. The van der Waals surface area contributed by atoms with Gasteiger partial charge in [-0.25, -0.2) is 0 Å². The molecule has 5 nitrogen and oxygen atoms in total. The Bertz CT molecular complexity index is 1360. The molecule has 3 aliphatic rings. The van der Waals surface area contributed by atoms with Gasteiger partial charge in [-0.3, -0.25) is 9.59 Å². The minimum atomic E-state index is -0.427. The molecule has 2 aliphatic carbocycles. The maximum atomic E-state index is 13.8. The molecule has 0 N–H and O–H groups in total. The summed E-state index contributed by atoms with van der Waals surface area (Å²) in [5.74, 6) is 0.963. The molecule has 0 spiro atoms. The van der Waals surface area contributed by atoms with E-state index >= 15 is 0 Å². The average molecular weight is 657 g/mol. The van der Waals surface area contributed by atoms with Gasteiger partial charge < -0.3 is 14.4 Å². The first-order chi connectivity index (χ1) is 18.3. The number of Topliss-reactive ketones (excluding diaryl/α,β-unsaturated/α-hetero) is 2. The summed E-state index contributed by atoms with van der Waals surface area (Å²) < 4.78 is 13.7. The van der Waals surface area contributed by atoms with Gasteiger partial charge in [0.2, 0.25) is 0 Å². The number of ether oxygens (including phenoxy) is 2. The number of hydrogen-bond donors (Lipinski definition) is 0. The van der Waals surface area contributed by atoms with Crippen molar-refractivity contribution in [1.29, 1.82) is 0 Å². The van der Waals surface area contributed by atoms with E-state index in [1.165, 1.54) is 0 Å². The van der Waals surface area contributed by atoms with Crippen molar-refractivity contribution >= 4 is 43.4 Å². The number of nitrogens with zero attached hydrogens (tertiary/aromatic N) is 1. The number of allylic oxidation sites excluding steroid dienone is 4. The monoisotopic (exact) mass is 655 g/mol. The number of carbonyl (C=O) groups excluding carboxylic acids is 2. The van der Waals surface area contributed by atoms with Crippen LogP contribution in [0.1, 0.15) is 70.4 Å². The zero-order valence-corrected chi connectivity index (χ0v) is 26.6. The number of benzene rings is 2. The van der Waals surface area contributed by atoms with Crippen molar-refractivity contribution in [3.63, 3.8) is 0 Å². The molecule has 2 aromatic carbocycles. The van der Waals surface area contributed by atoms with E-state index in [1.807, 2.05) is 43.4 Å². The Morgan fingerprint density at radius 1 is 0.872 bits per heavy atom. The molecular formula is C32H35Br2NO4. The van der Waals surface area contributed by atoms with E-state index < -0.39 is 5.92 Å². The van der Waals surface area contributed by atoms with E-state index in [1.54, 1.807) is 7.11 Å². The lowest BCUT2D eigenvalue weighted by Crippen LogP contribution is -2.43. The molecule has 0 radical (unpaired) electrons. The van der Waals surface area contributed by atoms with Crippen LogP contribution in [0.4, 0.5) is 0 Å². The van der Waals surface area contributed by atoms with Gasteiger partial charge in [0.05, 0.1) is 11.6 Å². The molecule has 1 aliphatic heterocycles. The van der Waals surface area contributed by atoms with Crippen molar-refractivity contribution in [2.45, 2.75) is 65.9 Å². The molecule has 0 fully saturated rings. The highest BCUT2D eigenvalue weighted by Crippen LogP contribution is 2.55. The fraction of sp³-hybridized carbons (Fsp3) is 0.438. The first kappa shape index (κ1) is 28.2. The molecule has 2 aromatic rings. The maximum absolute atomic E-state index is 13.8. The predicted molar refractivity (Wildman–Crippen MR) is 160 cm³/mol. The van der Waals surface area contributed by atoms with Crippen molar-refractivity contribution < 1.29 is 19.1 Å². The number of methoxy groups -OCH3 is 1. The van der Waals surface area contributed by atoms with E-state index in [9.17, 15) is 9.59 Å². The largest absolute Gasteiger partial charge is 0.493 e. The number of halogens is 2. The second-order valence-corrected chi connectivity index (χ2v) is 14.3. The topological polar surface area (TPSA) is 55.8 Å². The Hall–Kier alpha value is -2.38. The molecule has 0 bridgehead atoms. The standard InChI is InChI=1S/C32H35Br2NO4/c1-31(2)13-22-28(24(36)15-31)27(29-23(35(22)5)14-32(3,4)16-25(29)37)19-11-21(34)30(26(12-19)38-6)39-17-18-7-9-20(33)10-8-18/h7-12,27H,13-17H2,1-6H3. The maximum Gasteiger partial charge on any atom is 0.175 e. The van der Waals surface area contributed by atoms with Crippen molar-refractivity contribution in [3.05, 3.63) is 79.0 Å². The molecule has 0 amide bonds. The number of hydrogen-bond acceptors (Lipinski definition) is 5. The van der Waals surface area contributed by atoms with Gasteiger partial charge >= 0.3 is 0 Å². The Balaban J connectivity index is 1.62. The third-order valence-electron chi connectivity index (χ3n) is 8.06.